The number of aliphatic carboxylic acids is 1. The summed E-state index contributed by atoms with van der Waals surface area (Å²) in [4.78, 5) is 29.8. The Bertz CT molecular complexity index is 1020. The Morgan fingerprint density at radius 1 is 1.10 bits per heavy atom. The van der Waals surface area contributed by atoms with Crippen molar-refractivity contribution >= 4 is 55.3 Å². The quantitative estimate of drug-likeness (QED) is 0.520. The molecule has 0 spiro atoms. The lowest BCUT2D eigenvalue weighted by atomic mass is 9.76. The minimum atomic E-state index is -0.935. The van der Waals surface area contributed by atoms with E-state index in [9.17, 15) is 9.59 Å². The smallest absolute Gasteiger partial charge is 0.303 e. The van der Waals surface area contributed by atoms with Crippen molar-refractivity contribution in [3.05, 3.63) is 60.7 Å². The van der Waals surface area contributed by atoms with Gasteiger partial charge in [0.1, 0.15) is 0 Å². The molecule has 0 saturated carbocycles. The molecule has 1 N–H and O–H groups in total. The number of hydrogen-bond acceptors (Lipinski definition) is 3. The normalized spacial score (nSPS) is 18.8. The van der Waals surface area contributed by atoms with Crippen LogP contribution in [0.3, 0.4) is 0 Å². The summed E-state index contributed by atoms with van der Waals surface area (Å²) in [7, 11) is 0. The van der Waals surface area contributed by atoms with Crippen molar-refractivity contribution < 1.29 is 14.7 Å². The third-order valence-corrected chi connectivity index (χ3v) is 7.64. The number of rotatable bonds is 4. The number of carboxylic acids is 1. The van der Waals surface area contributed by atoms with E-state index in [4.69, 9.17) is 21.7 Å². The molecule has 164 valence electrons. The second kappa shape index (κ2) is 9.59. The Kier molecular flexibility index (Phi) is 7.04. The minimum absolute atomic E-state index is 0.0642. The van der Waals surface area contributed by atoms with E-state index in [0.717, 1.165) is 45.3 Å². The van der Waals surface area contributed by atoms with Gasteiger partial charge in [-0.3, -0.25) is 14.6 Å². The van der Waals surface area contributed by atoms with E-state index in [1.807, 2.05) is 17.2 Å². The summed E-state index contributed by atoms with van der Waals surface area (Å²) >= 11 is 13.7. The lowest BCUT2D eigenvalue weighted by Crippen LogP contribution is -2.40. The number of aromatic nitrogens is 1. The SMILES string of the molecule is O=C(O)CCC(=O)N1CCC([C@H]2c3ncc(Br)cc3CCc3cc(Cl)cc(Br)c32)CC1. The molecule has 0 radical (unpaired) electrons. The molecular weight excluding hydrogens is 548 g/mol. The fourth-order valence-corrected chi connectivity index (χ4v) is 6.38. The van der Waals surface area contributed by atoms with Crippen molar-refractivity contribution in [2.45, 2.75) is 44.4 Å². The molecule has 2 aromatic rings. The van der Waals surface area contributed by atoms with Gasteiger partial charge in [0, 0.05) is 45.6 Å². The monoisotopic (exact) mass is 568 g/mol. The maximum absolute atomic E-state index is 12.4. The van der Waals surface area contributed by atoms with Crippen LogP contribution in [-0.4, -0.2) is 40.0 Å². The summed E-state index contributed by atoms with van der Waals surface area (Å²) in [6, 6.07) is 6.20. The molecule has 1 aliphatic carbocycles. The van der Waals surface area contributed by atoms with Gasteiger partial charge in [-0.15, -0.1) is 0 Å². The van der Waals surface area contributed by atoms with Gasteiger partial charge in [0.25, 0.3) is 0 Å². The van der Waals surface area contributed by atoms with Gasteiger partial charge in [-0.05, 0) is 82.4 Å². The van der Waals surface area contributed by atoms with Gasteiger partial charge in [-0.2, -0.15) is 0 Å². The van der Waals surface area contributed by atoms with E-state index in [-0.39, 0.29) is 24.7 Å². The lowest BCUT2D eigenvalue weighted by molar-refractivity contribution is -0.141. The van der Waals surface area contributed by atoms with Crippen molar-refractivity contribution in [3.8, 4) is 0 Å². The third kappa shape index (κ3) is 4.99. The molecule has 31 heavy (non-hydrogen) atoms. The Balaban J connectivity index is 1.64. The predicted octanol–water partition coefficient (Wildman–Crippen LogP) is 5.59. The molecule has 0 bridgehead atoms. The number of amides is 1. The van der Waals surface area contributed by atoms with Gasteiger partial charge in [0.05, 0.1) is 12.1 Å². The Morgan fingerprint density at radius 2 is 1.81 bits per heavy atom. The molecule has 1 fully saturated rings. The van der Waals surface area contributed by atoms with Crippen LogP contribution in [0.2, 0.25) is 5.02 Å². The number of carboxylic acid groups (broad SMARTS) is 1. The van der Waals surface area contributed by atoms with Gasteiger partial charge >= 0.3 is 5.97 Å². The number of carbonyl (C=O) groups is 2. The maximum atomic E-state index is 12.4. The number of likely N-dealkylation sites (tertiary alicyclic amines) is 1. The van der Waals surface area contributed by atoms with Crippen LogP contribution < -0.4 is 0 Å². The topological polar surface area (TPSA) is 70.5 Å². The summed E-state index contributed by atoms with van der Waals surface area (Å²) in [5, 5.41) is 9.58. The molecule has 0 unspecified atom stereocenters. The van der Waals surface area contributed by atoms with Crippen LogP contribution in [0.4, 0.5) is 0 Å². The summed E-state index contributed by atoms with van der Waals surface area (Å²) in [6.07, 6.45) is 5.34. The second-order valence-corrected chi connectivity index (χ2v) is 10.5. The fraction of sp³-hybridized carbons (Fsp3) is 0.435. The van der Waals surface area contributed by atoms with E-state index >= 15 is 0 Å². The number of aryl methyl sites for hydroxylation is 2. The summed E-state index contributed by atoms with van der Waals surface area (Å²) in [5.74, 6) is -0.540. The van der Waals surface area contributed by atoms with Crippen molar-refractivity contribution in [1.29, 1.82) is 0 Å². The van der Waals surface area contributed by atoms with Crippen LogP contribution in [-0.2, 0) is 22.4 Å². The zero-order valence-corrected chi connectivity index (χ0v) is 20.8. The Hall–Kier alpha value is -1.44. The van der Waals surface area contributed by atoms with Crippen molar-refractivity contribution in [1.82, 2.24) is 9.88 Å². The highest BCUT2D eigenvalue weighted by Gasteiger charge is 2.36. The second-order valence-electron chi connectivity index (χ2n) is 8.25. The molecule has 1 aromatic heterocycles. The fourth-order valence-electron chi connectivity index (χ4n) is 4.88. The van der Waals surface area contributed by atoms with Crippen molar-refractivity contribution in [3.63, 3.8) is 0 Å². The van der Waals surface area contributed by atoms with Crippen LogP contribution in [0.25, 0.3) is 0 Å². The van der Waals surface area contributed by atoms with Gasteiger partial charge in [0.15, 0.2) is 0 Å². The number of benzene rings is 1. The summed E-state index contributed by atoms with van der Waals surface area (Å²) in [5.41, 5.74) is 4.87. The molecule has 4 rings (SSSR count). The molecule has 2 heterocycles. The highest BCUT2D eigenvalue weighted by molar-refractivity contribution is 9.10. The average molecular weight is 571 g/mol. The van der Waals surface area contributed by atoms with Gasteiger partial charge in [0.2, 0.25) is 5.91 Å². The zero-order valence-electron chi connectivity index (χ0n) is 16.9. The van der Waals surface area contributed by atoms with Crippen LogP contribution in [0.1, 0.15) is 54.0 Å². The first-order valence-corrected chi connectivity index (χ1v) is 12.4. The molecule has 1 atom stereocenters. The third-order valence-electron chi connectivity index (χ3n) is 6.33. The first kappa shape index (κ1) is 22.7. The number of piperidine rings is 1. The highest BCUT2D eigenvalue weighted by atomic mass is 79.9. The lowest BCUT2D eigenvalue weighted by Gasteiger charge is -2.37. The number of hydrogen-bond donors (Lipinski definition) is 1. The van der Waals surface area contributed by atoms with E-state index < -0.39 is 5.97 Å². The van der Waals surface area contributed by atoms with Crippen LogP contribution in [0, 0.1) is 5.92 Å². The largest absolute Gasteiger partial charge is 0.481 e. The molecule has 1 amide bonds. The summed E-state index contributed by atoms with van der Waals surface area (Å²) < 4.78 is 1.99. The molecular formula is C23H23Br2ClN2O3. The number of nitrogens with zero attached hydrogens (tertiary/aromatic N) is 2. The highest BCUT2D eigenvalue weighted by Crippen LogP contribution is 2.46. The van der Waals surface area contributed by atoms with Crippen LogP contribution >= 0.6 is 43.5 Å². The van der Waals surface area contributed by atoms with E-state index in [0.29, 0.717) is 19.0 Å². The van der Waals surface area contributed by atoms with Gasteiger partial charge in [-0.1, -0.05) is 27.5 Å². The molecule has 8 heteroatoms. The zero-order chi connectivity index (χ0) is 22.1. The molecule has 5 nitrogen and oxygen atoms in total. The average Bonchev–Trinajstić information content (AvgIpc) is 2.89. The first-order chi connectivity index (χ1) is 14.8. The van der Waals surface area contributed by atoms with Crippen molar-refractivity contribution in [2.24, 2.45) is 5.92 Å². The van der Waals surface area contributed by atoms with Crippen LogP contribution in [0.5, 0.6) is 0 Å². The molecule has 1 aromatic carbocycles. The minimum Gasteiger partial charge on any atom is -0.481 e. The van der Waals surface area contributed by atoms with Crippen LogP contribution in [0.15, 0.2) is 33.3 Å². The van der Waals surface area contributed by atoms with E-state index in [1.54, 1.807) is 0 Å². The predicted molar refractivity (Wildman–Crippen MR) is 127 cm³/mol. The number of carbonyl (C=O) groups excluding carboxylic acids is 1. The maximum Gasteiger partial charge on any atom is 0.303 e. The van der Waals surface area contributed by atoms with E-state index in [1.165, 1.54) is 16.7 Å². The Labute approximate surface area is 203 Å². The van der Waals surface area contributed by atoms with Crippen molar-refractivity contribution in [2.75, 3.05) is 13.1 Å². The number of fused-ring (bicyclic) bond motifs is 2. The van der Waals surface area contributed by atoms with E-state index in [2.05, 4.69) is 44.0 Å². The molecule has 1 aliphatic heterocycles. The Morgan fingerprint density at radius 3 is 2.52 bits per heavy atom. The number of halogens is 3. The standard InChI is InChI=1S/C23H23Br2ClN2O3/c24-16-9-15-2-1-14-10-17(26)11-18(25)21(14)22(23(15)27-12-16)13-5-7-28(8-6-13)19(29)3-4-20(30)31/h9-13,22H,1-8H2,(H,30,31)/t22-/m1/s1. The number of pyridine rings is 1. The molecule has 1 saturated heterocycles. The van der Waals surface area contributed by atoms with Gasteiger partial charge < -0.3 is 10.0 Å². The molecule has 2 aliphatic rings. The first-order valence-electron chi connectivity index (χ1n) is 10.4. The summed E-state index contributed by atoms with van der Waals surface area (Å²) in [6.45, 7) is 1.29. The van der Waals surface area contributed by atoms with Gasteiger partial charge in [-0.25, -0.2) is 0 Å².